The van der Waals surface area contributed by atoms with Gasteiger partial charge in [0.2, 0.25) is 0 Å². The van der Waals surface area contributed by atoms with Crippen LogP contribution in [0.25, 0.3) is 5.69 Å². The number of benzene rings is 2. The zero-order valence-corrected chi connectivity index (χ0v) is 15.0. The van der Waals surface area contributed by atoms with Crippen LogP contribution in [0.3, 0.4) is 0 Å². The molecule has 0 spiro atoms. The van der Waals surface area contributed by atoms with Gasteiger partial charge in [0, 0.05) is 17.1 Å². The molecule has 132 valence electrons. The summed E-state index contributed by atoms with van der Waals surface area (Å²) in [4.78, 5) is 24.5. The normalized spacial score (nSPS) is 11.8. The third-order valence-corrected chi connectivity index (χ3v) is 4.08. The van der Waals surface area contributed by atoms with Gasteiger partial charge in [-0.2, -0.15) is 9.78 Å². The summed E-state index contributed by atoms with van der Waals surface area (Å²) in [6, 6.07) is 19.2. The van der Waals surface area contributed by atoms with Crippen molar-refractivity contribution in [2.75, 3.05) is 0 Å². The van der Waals surface area contributed by atoms with E-state index in [1.165, 1.54) is 16.8 Å². The molecule has 0 aliphatic rings. The molecule has 3 aromatic rings. The maximum Gasteiger partial charge on any atom is 0.271 e. The van der Waals surface area contributed by atoms with Crippen LogP contribution in [-0.2, 0) is 6.42 Å². The van der Waals surface area contributed by atoms with Crippen LogP contribution in [0.15, 0.2) is 71.5 Å². The zero-order valence-electron chi connectivity index (χ0n) is 14.2. The third kappa shape index (κ3) is 4.37. The Morgan fingerprint density at radius 2 is 1.88 bits per heavy atom. The average Bonchev–Trinajstić information content (AvgIpc) is 2.62. The fourth-order valence-electron chi connectivity index (χ4n) is 2.65. The Balaban J connectivity index is 1.75. The van der Waals surface area contributed by atoms with Crippen molar-refractivity contribution in [1.29, 1.82) is 0 Å². The molecule has 26 heavy (non-hydrogen) atoms. The van der Waals surface area contributed by atoms with Crippen molar-refractivity contribution in [1.82, 2.24) is 15.1 Å². The maximum absolute atomic E-state index is 12.5. The van der Waals surface area contributed by atoms with E-state index in [2.05, 4.69) is 10.4 Å². The van der Waals surface area contributed by atoms with Gasteiger partial charge in [-0.15, -0.1) is 0 Å². The fraction of sp³-hybridized carbons (Fsp3) is 0.150. The van der Waals surface area contributed by atoms with Gasteiger partial charge in [-0.25, -0.2) is 0 Å². The first kappa shape index (κ1) is 17.9. The van der Waals surface area contributed by atoms with E-state index in [0.29, 0.717) is 17.1 Å². The molecule has 0 unspecified atom stereocenters. The topological polar surface area (TPSA) is 64.0 Å². The summed E-state index contributed by atoms with van der Waals surface area (Å²) in [6.07, 6.45) is 0.643. The van der Waals surface area contributed by atoms with Crippen molar-refractivity contribution in [3.63, 3.8) is 0 Å². The Labute approximate surface area is 156 Å². The minimum Gasteiger partial charge on any atom is -0.348 e. The molecule has 5 nitrogen and oxygen atoms in total. The van der Waals surface area contributed by atoms with Crippen molar-refractivity contribution in [3.8, 4) is 5.69 Å². The number of halogens is 1. The molecule has 1 atom stereocenters. The van der Waals surface area contributed by atoms with Crippen LogP contribution in [0.5, 0.6) is 0 Å². The molecule has 3 rings (SSSR count). The van der Waals surface area contributed by atoms with Crippen LogP contribution in [0.4, 0.5) is 0 Å². The summed E-state index contributed by atoms with van der Waals surface area (Å²) in [7, 11) is 0. The molecular weight excluding hydrogens is 350 g/mol. The highest BCUT2D eigenvalue weighted by atomic mass is 35.5. The molecule has 0 saturated carbocycles. The van der Waals surface area contributed by atoms with Crippen LogP contribution in [0.1, 0.15) is 23.0 Å². The zero-order chi connectivity index (χ0) is 18.5. The predicted octanol–water partition coefficient (Wildman–Crippen LogP) is 3.25. The lowest BCUT2D eigenvalue weighted by Crippen LogP contribution is -2.36. The molecule has 1 aromatic heterocycles. The van der Waals surface area contributed by atoms with Gasteiger partial charge in [0.1, 0.15) is 5.69 Å². The lowest BCUT2D eigenvalue weighted by molar-refractivity contribution is 0.0933. The maximum atomic E-state index is 12.5. The Morgan fingerprint density at radius 1 is 1.12 bits per heavy atom. The highest BCUT2D eigenvalue weighted by Gasteiger charge is 2.14. The summed E-state index contributed by atoms with van der Waals surface area (Å²) < 4.78 is 1.22. The van der Waals surface area contributed by atoms with E-state index in [1.807, 2.05) is 49.4 Å². The van der Waals surface area contributed by atoms with Crippen LogP contribution >= 0.6 is 11.6 Å². The van der Waals surface area contributed by atoms with Crippen molar-refractivity contribution in [3.05, 3.63) is 93.4 Å². The summed E-state index contributed by atoms with van der Waals surface area (Å²) in [6.45, 7) is 1.91. The quantitative estimate of drug-likeness (QED) is 0.752. The molecule has 6 heteroatoms. The second kappa shape index (κ2) is 7.97. The second-order valence-electron chi connectivity index (χ2n) is 6.01. The standard InChI is InChI=1S/C20H18ClN3O2/c1-14(12-15-6-5-7-16(21)13-15)22-20(26)18-10-11-19(25)24(23-18)17-8-3-2-4-9-17/h2-11,13-14H,12H2,1H3,(H,22,26)/t14-/m1/s1. The Hall–Kier alpha value is -2.92. The van der Waals surface area contributed by atoms with Crippen LogP contribution < -0.4 is 10.9 Å². The summed E-state index contributed by atoms with van der Waals surface area (Å²) in [5.74, 6) is -0.329. The molecule has 0 fully saturated rings. The monoisotopic (exact) mass is 367 g/mol. The van der Waals surface area contributed by atoms with Gasteiger partial charge in [0.15, 0.2) is 0 Å². The minimum absolute atomic E-state index is 0.111. The number of para-hydroxylation sites is 1. The van der Waals surface area contributed by atoms with Crippen molar-refractivity contribution >= 4 is 17.5 Å². The van der Waals surface area contributed by atoms with E-state index in [0.717, 1.165) is 5.56 Å². The SMILES string of the molecule is C[C@H](Cc1cccc(Cl)c1)NC(=O)c1ccc(=O)n(-c2ccccc2)n1. The summed E-state index contributed by atoms with van der Waals surface area (Å²) in [5.41, 5.74) is 1.54. The number of aromatic nitrogens is 2. The molecule has 1 heterocycles. The molecule has 0 aliphatic carbocycles. The highest BCUT2D eigenvalue weighted by Crippen LogP contribution is 2.12. The Kier molecular flexibility index (Phi) is 5.49. The van der Waals surface area contributed by atoms with Gasteiger partial charge in [-0.1, -0.05) is 41.9 Å². The highest BCUT2D eigenvalue weighted by molar-refractivity contribution is 6.30. The van der Waals surface area contributed by atoms with Gasteiger partial charge in [-0.3, -0.25) is 9.59 Å². The van der Waals surface area contributed by atoms with Crippen LogP contribution in [-0.4, -0.2) is 21.7 Å². The van der Waals surface area contributed by atoms with Gasteiger partial charge in [0.25, 0.3) is 11.5 Å². The van der Waals surface area contributed by atoms with Crippen molar-refractivity contribution in [2.24, 2.45) is 0 Å². The van der Waals surface area contributed by atoms with Crippen LogP contribution in [0.2, 0.25) is 5.02 Å². The summed E-state index contributed by atoms with van der Waals surface area (Å²) in [5, 5.41) is 7.75. The molecule has 1 N–H and O–H groups in total. The first-order valence-corrected chi connectivity index (χ1v) is 8.62. The minimum atomic E-state index is -0.329. The summed E-state index contributed by atoms with van der Waals surface area (Å²) >= 11 is 5.99. The lowest BCUT2D eigenvalue weighted by atomic mass is 10.1. The number of nitrogens with zero attached hydrogens (tertiary/aromatic N) is 2. The van der Waals surface area contributed by atoms with E-state index in [-0.39, 0.29) is 23.2 Å². The lowest BCUT2D eigenvalue weighted by Gasteiger charge is -2.14. The first-order valence-electron chi connectivity index (χ1n) is 8.24. The van der Waals surface area contributed by atoms with Gasteiger partial charge < -0.3 is 5.32 Å². The number of hydrogen-bond donors (Lipinski definition) is 1. The number of nitrogens with one attached hydrogen (secondary N) is 1. The average molecular weight is 368 g/mol. The molecule has 2 aromatic carbocycles. The van der Waals surface area contributed by atoms with E-state index < -0.39 is 0 Å². The number of amides is 1. The molecule has 0 bridgehead atoms. The fourth-order valence-corrected chi connectivity index (χ4v) is 2.87. The molecular formula is C20H18ClN3O2. The smallest absolute Gasteiger partial charge is 0.271 e. The van der Waals surface area contributed by atoms with Crippen molar-refractivity contribution in [2.45, 2.75) is 19.4 Å². The third-order valence-electron chi connectivity index (χ3n) is 3.84. The second-order valence-corrected chi connectivity index (χ2v) is 6.45. The van der Waals surface area contributed by atoms with E-state index >= 15 is 0 Å². The number of carbonyl (C=O) groups excluding carboxylic acids is 1. The van der Waals surface area contributed by atoms with Gasteiger partial charge in [0.05, 0.1) is 5.69 Å². The molecule has 0 saturated heterocycles. The Morgan fingerprint density at radius 3 is 2.62 bits per heavy atom. The molecule has 0 radical (unpaired) electrons. The van der Waals surface area contributed by atoms with Gasteiger partial charge in [-0.05, 0) is 49.2 Å². The molecule has 0 aliphatic heterocycles. The van der Waals surface area contributed by atoms with E-state index in [9.17, 15) is 9.59 Å². The Bertz CT molecular complexity index is 970. The number of hydrogen-bond acceptors (Lipinski definition) is 3. The van der Waals surface area contributed by atoms with Gasteiger partial charge >= 0.3 is 0 Å². The number of carbonyl (C=O) groups is 1. The predicted molar refractivity (Wildman–Crippen MR) is 102 cm³/mol. The first-order chi connectivity index (χ1) is 12.5. The van der Waals surface area contributed by atoms with E-state index in [4.69, 9.17) is 11.6 Å². The largest absolute Gasteiger partial charge is 0.348 e. The number of rotatable bonds is 5. The van der Waals surface area contributed by atoms with Crippen molar-refractivity contribution < 1.29 is 4.79 Å². The molecule has 1 amide bonds. The van der Waals surface area contributed by atoms with E-state index in [1.54, 1.807) is 12.1 Å². The van der Waals surface area contributed by atoms with Crippen LogP contribution in [0, 0.1) is 0 Å².